The third-order valence-corrected chi connectivity index (χ3v) is 4.55. The van der Waals surface area contributed by atoms with Gasteiger partial charge in [-0.3, -0.25) is 4.79 Å². The van der Waals surface area contributed by atoms with Crippen LogP contribution in [0.25, 0.3) is 0 Å². The molecule has 1 aromatic heterocycles. The fraction of sp³-hybridized carbons (Fsp3) is 0.455. The van der Waals surface area contributed by atoms with E-state index >= 15 is 0 Å². The van der Waals surface area contributed by atoms with Crippen molar-refractivity contribution in [1.82, 2.24) is 9.88 Å². The van der Waals surface area contributed by atoms with Gasteiger partial charge in [0.1, 0.15) is 28.7 Å². The second kappa shape index (κ2) is 4.20. The molecule has 3 heterocycles. The maximum atomic E-state index is 12.2. The molecule has 4 atom stereocenters. The summed E-state index contributed by atoms with van der Waals surface area (Å²) >= 11 is 1.23. The Morgan fingerprint density at radius 3 is 2.89 bits per heavy atom. The first-order valence-electron chi connectivity index (χ1n) is 5.56. The Morgan fingerprint density at radius 2 is 2.11 bits per heavy atom. The van der Waals surface area contributed by atoms with E-state index < -0.39 is 23.7 Å². The summed E-state index contributed by atoms with van der Waals surface area (Å²) in [5.41, 5.74) is 0.467. The smallest absolute Gasteiger partial charge is 0.257 e. The van der Waals surface area contributed by atoms with Crippen molar-refractivity contribution in [2.45, 2.75) is 28.7 Å². The first kappa shape index (κ1) is 11.9. The van der Waals surface area contributed by atoms with Gasteiger partial charge in [0.2, 0.25) is 0 Å². The summed E-state index contributed by atoms with van der Waals surface area (Å²) < 4.78 is 0. The van der Waals surface area contributed by atoms with Crippen LogP contribution in [0, 0.1) is 0 Å². The Balaban J connectivity index is 2.01. The summed E-state index contributed by atoms with van der Waals surface area (Å²) in [6, 6.07) is 3.33. The summed E-state index contributed by atoms with van der Waals surface area (Å²) in [6.45, 7) is 0.0169. The van der Waals surface area contributed by atoms with E-state index in [1.807, 2.05) is 0 Å². The zero-order valence-electron chi connectivity index (χ0n) is 9.30. The second-order valence-electron chi connectivity index (χ2n) is 4.37. The fourth-order valence-electron chi connectivity index (χ4n) is 2.24. The quantitative estimate of drug-likeness (QED) is 0.562. The standard InChI is InChI=1S/C11H12N2O4S/c14-6-4-13-10(17)5-2-1-3-12-9(5)18-11(13)8(16)7(6)15/h1-3,6-8,11,14-16H,4H2/t6-,7-,8-,11-/m1/s1. The normalized spacial score (nSPS) is 35.1. The third kappa shape index (κ3) is 1.63. The number of pyridine rings is 1. The molecule has 7 heteroatoms. The lowest BCUT2D eigenvalue weighted by molar-refractivity contribution is -0.109. The van der Waals surface area contributed by atoms with Crippen molar-refractivity contribution in [3.63, 3.8) is 0 Å². The van der Waals surface area contributed by atoms with Gasteiger partial charge in [0.15, 0.2) is 0 Å². The molecular weight excluding hydrogens is 256 g/mol. The molecule has 0 aliphatic carbocycles. The Hall–Kier alpha value is -1.15. The van der Waals surface area contributed by atoms with Gasteiger partial charge in [-0.05, 0) is 12.1 Å². The minimum absolute atomic E-state index is 0.0169. The highest BCUT2D eigenvalue weighted by molar-refractivity contribution is 8.00. The Bertz CT molecular complexity index is 498. The van der Waals surface area contributed by atoms with E-state index in [2.05, 4.69) is 4.98 Å². The molecule has 0 spiro atoms. The number of nitrogens with zero attached hydrogens (tertiary/aromatic N) is 2. The van der Waals surface area contributed by atoms with Crippen LogP contribution in [-0.2, 0) is 0 Å². The maximum Gasteiger partial charge on any atom is 0.257 e. The molecule has 1 amide bonds. The largest absolute Gasteiger partial charge is 0.388 e. The highest BCUT2D eigenvalue weighted by Gasteiger charge is 2.47. The molecule has 2 aliphatic heterocycles. The van der Waals surface area contributed by atoms with Crippen LogP contribution in [0.1, 0.15) is 10.4 Å². The zero-order valence-corrected chi connectivity index (χ0v) is 10.1. The van der Waals surface area contributed by atoms with E-state index in [1.165, 1.54) is 16.7 Å². The summed E-state index contributed by atoms with van der Waals surface area (Å²) in [5, 5.41) is 29.2. The Labute approximate surface area is 107 Å². The van der Waals surface area contributed by atoms with Crippen molar-refractivity contribution in [3.05, 3.63) is 23.9 Å². The molecule has 6 nitrogen and oxygen atoms in total. The third-order valence-electron chi connectivity index (χ3n) is 3.22. The van der Waals surface area contributed by atoms with Gasteiger partial charge < -0.3 is 20.2 Å². The number of hydrogen-bond donors (Lipinski definition) is 3. The summed E-state index contributed by atoms with van der Waals surface area (Å²) in [6.07, 6.45) is -1.97. The van der Waals surface area contributed by atoms with Crippen LogP contribution < -0.4 is 0 Å². The van der Waals surface area contributed by atoms with E-state index in [1.54, 1.807) is 18.3 Å². The molecule has 0 radical (unpaired) electrons. The van der Waals surface area contributed by atoms with Crippen molar-refractivity contribution in [3.8, 4) is 0 Å². The Kier molecular flexibility index (Phi) is 2.78. The predicted molar refractivity (Wildman–Crippen MR) is 62.9 cm³/mol. The van der Waals surface area contributed by atoms with Crippen molar-refractivity contribution in [2.75, 3.05) is 6.54 Å². The number of hydrogen-bond acceptors (Lipinski definition) is 6. The van der Waals surface area contributed by atoms with Gasteiger partial charge in [0.25, 0.3) is 5.91 Å². The van der Waals surface area contributed by atoms with Crippen LogP contribution >= 0.6 is 11.8 Å². The molecule has 0 aromatic carbocycles. The number of fused-ring (bicyclic) bond motifs is 2. The highest BCUT2D eigenvalue weighted by Crippen LogP contribution is 2.38. The molecule has 0 unspecified atom stereocenters. The topological polar surface area (TPSA) is 93.9 Å². The number of carbonyl (C=O) groups is 1. The molecular formula is C11H12N2O4S. The lowest BCUT2D eigenvalue weighted by Crippen LogP contribution is -2.62. The van der Waals surface area contributed by atoms with E-state index in [-0.39, 0.29) is 12.5 Å². The summed E-state index contributed by atoms with van der Waals surface area (Å²) in [4.78, 5) is 17.7. The highest BCUT2D eigenvalue weighted by atomic mass is 32.2. The number of rotatable bonds is 0. The van der Waals surface area contributed by atoms with Crippen LogP contribution in [0.4, 0.5) is 0 Å². The van der Waals surface area contributed by atoms with Crippen molar-refractivity contribution >= 4 is 17.7 Å². The Morgan fingerprint density at radius 1 is 1.33 bits per heavy atom. The summed E-state index contributed by atoms with van der Waals surface area (Å²) in [5.74, 6) is -0.271. The van der Waals surface area contributed by atoms with Gasteiger partial charge in [0, 0.05) is 6.20 Å². The van der Waals surface area contributed by atoms with Crippen LogP contribution in [0.3, 0.4) is 0 Å². The molecule has 1 fully saturated rings. The number of piperidine rings is 1. The molecule has 18 heavy (non-hydrogen) atoms. The molecule has 2 aliphatic rings. The van der Waals surface area contributed by atoms with Crippen LogP contribution in [0.2, 0.25) is 0 Å². The molecule has 0 saturated carbocycles. The molecule has 3 N–H and O–H groups in total. The van der Waals surface area contributed by atoms with Crippen molar-refractivity contribution in [1.29, 1.82) is 0 Å². The number of aliphatic hydroxyl groups is 3. The van der Waals surface area contributed by atoms with Gasteiger partial charge >= 0.3 is 0 Å². The zero-order chi connectivity index (χ0) is 12.9. The average Bonchev–Trinajstić information content (AvgIpc) is 2.38. The minimum Gasteiger partial charge on any atom is -0.388 e. The molecule has 1 aromatic rings. The van der Waals surface area contributed by atoms with Gasteiger partial charge in [-0.2, -0.15) is 0 Å². The van der Waals surface area contributed by atoms with E-state index in [4.69, 9.17) is 0 Å². The van der Waals surface area contributed by atoms with Crippen LogP contribution in [0.5, 0.6) is 0 Å². The summed E-state index contributed by atoms with van der Waals surface area (Å²) in [7, 11) is 0. The number of aromatic nitrogens is 1. The van der Waals surface area contributed by atoms with E-state index in [9.17, 15) is 20.1 Å². The van der Waals surface area contributed by atoms with E-state index in [0.717, 1.165) is 0 Å². The predicted octanol–water partition coefficient (Wildman–Crippen LogP) is -0.948. The number of amides is 1. The molecule has 96 valence electrons. The first-order chi connectivity index (χ1) is 8.59. The van der Waals surface area contributed by atoms with Gasteiger partial charge in [-0.1, -0.05) is 11.8 Å². The van der Waals surface area contributed by atoms with Crippen LogP contribution in [-0.4, -0.2) is 61.3 Å². The van der Waals surface area contributed by atoms with Crippen molar-refractivity contribution in [2.24, 2.45) is 0 Å². The van der Waals surface area contributed by atoms with Crippen molar-refractivity contribution < 1.29 is 20.1 Å². The lowest BCUT2D eigenvalue weighted by atomic mass is 10.0. The number of thioether (sulfide) groups is 1. The van der Waals surface area contributed by atoms with Gasteiger partial charge in [0.05, 0.1) is 12.1 Å². The van der Waals surface area contributed by atoms with Gasteiger partial charge in [-0.15, -0.1) is 0 Å². The SMILES string of the molecule is O=C1c2cccnc2S[C@@H]2[C@H](O)[C@H](O)[C@H](O)CN12. The monoisotopic (exact) mass is 268 g/mol. The number of aliphatic hydroxyl groups excluding tert-OH is 3. The van der Waals surface area contributed by atoms with Crippen LogP contribution in [0.15, 0.2) is 23.4 Å². The van der Waals surface area contributed by atoms with E-state index in [0.29, 0.717) is 10.6 Å². The lowest BCUT2D eigenvalue weighted by Gasteiger charge is -2.45. The van der Waals surface area contributed by atoms with Gasteiger partial charge in [-0.25, -0.2) is 4.98 Å². The minimum atomic E-state index is -1.24. The second-order valence-corrected chi connectivity index (χ2v) is 5.48. The number of carbonyl (C=O) groups excluding carboxylic acids is 1. The molecule has 0 bridgehead atoms. The molecule has 3 rings (SSSR count). The molecule has 1 saturated heterocycles. The maximum absolute atomic E-state index is 12.2. The first-order valence-corrected chi connectivity index (χ1v) is 6.44. The average molecular weight is 268 g/mol. The fourth-order valence-corrected chi connectivity index (χ4v) is 3.48.